The van der Waals surface area contributed by atoms with Crippen LogP contribution in [-0.4, -0.2) is 16.8 Å². The molecule has 0 unspecified atom stereocenters. The number of aromatic hydroxyl groups is 1. The number of Topliss-reactive ketones (excluding diaryl/α,β-unsaturated/α-hetero) is 1. The lowest BCUT2D eigenvalue weighted by Crippen LogP contribution is -2.04. The van der Waals surface area contributed by atoms with Crippen LogP contribution in [0.1, 0.15) is 10.4 Å². The monoisotopic (exact) mass is 263 g/mol. The number of phenolic OH excluding ortho intramolecular Hbond substituents is 1. The van der Waals surface area contributed by atoms with Crippen LogP contribution in [0.4, 0.5) is 5.69 Å². The Bertz CT molecular complexity index is 354. The second-order valence-electron chi connectivity index (χ2n) is 2.45. The first kappa shape index (κ1) is 10.3. The van der Waals surface area contributed by atoms with Crippen molar-refractivity contribution in [3.63, 3.8) is 0 Å². The molecule has 0 heterocycles. The number of rotatable bonds is 2. The molecule has 3 N–H and O–H groups in total. The molecule has 0 amide bonds. The maximum absolute atomic E-state index is 11.2. The standard InChI is InChI=1S/C8H7BrClNO2/c9-5-2-6(11)4(1-7(5)12)8(13)3-10/h1-2,12H,3,11H2. The Kier molecular flexibility index (Phi) is 3.17. The predicted octanol–water partition coefficient (Wildman–Crippen LogP) is 2.16. The molecule has 0 spiro atoms. The van der Waals surface area contributed by atoms with Crippen molar-refractivity contribution in [2.24, 2.45) is 0 Å². The van der Waals surface area contributed by atoms with E-state index in [1.165, 1.54) is 12.1 Å². The number of hydrogen-bond donors (Lipinski definition) is 2. The Hall–Kier alpha value is -0.740. The van der Waals surface area contributed by atoms with Gasteiger partial charge >= 0.3 is 0 Å². The van der Waals surface area contributed by atoms with Crippen LogP contribution in [0.2, 0.25) is 0 Å². The molecule has 0 aliphatic carbocycles. The number of ketones is 1. The minimum Gasteiger partial charge on any atom is -0.507 e. The van der Waals surface area contributed by atoms with Crippen molar-refractivity contribution in [3.05, 3.63) is 22.2 Å². The van der Waals surface area contributed by atoms with Gasteiger partial charge in [0.05, 0.1) is 10.4 Å². The first-order valence-electron chi connectivity index (χ1n) is 3.43. The van der Waals surface area contributed by atoms with Gasteiger partial charge in [-0.05, 0) is 28.1 Å². The fraction of sp³-hybridized carbons (Fsp3) is 0.125. The van der Waals surface area contributed by atoms with E-state index in [-0.39, 0.29) is 23.0 Å². The Morgan fingerprint density at radius 2 is 2.23 bits per heavy atom. The molecule has 3 nitrogen and oxygen atoms in total. The smallest absolute Gasteiger partial charge is 0.179 e. The molecule has 0 aliphatic heterocycles. The summed E-state index contributed by atoms with van der Waals surface area (Å²) in [4.78, 5) is 11.2. The summed E-state index contributed by atoms with van der Waals surface area (Å²) in [6.45, 7) is 0. The molecule has 0 atom stereocenters. The topological polar surface area (TPSA) is 63.3 Å². The van der Waals surface area contributed by atoms with Crippen LogP contribution in [0.5, 0.6) is 5.75 Å². The Balaban J connectivity index is 3.23. The highest BCUT2D eigenvalue weighted by molar-refractivity contribution is 9.10. The number of anilines is 1. The molecule has 13 heavy (non-hydrogen) atoms. The van der Waals surface area contributed by atoms with Gasteiger partial charge in [-0.2, -0.15) is 0 Å². The average Bonchev–Trinajstić information content (AvgIpc) is 2.10. The normalized spacial score (nSPS) is 10.0. The highest BCUT2D eigenvalue weighted by Crippen LogP contribution is 2.29. The zero-order valence-corrected chi connectivity index (χ0v) is 8.89. The van der Waals surface area contributed by atoms with Gasteiger partial charge in [0.15, 0.2) is 5.78 Å². The van der Waals surface area contributed by atoms with E-state index in [1.807, 2.05) is 0 Å². The summed E-state index contributed by atoms with van der Waals surface area (Å²) in [6, 6.07) is 2.76. The van der Waals surface area contributed by atoms with Gasteiger partial charge in [0.1, 0.15) is 5.75 Å². The molecule has 0 radical (unpaired) electrons. The van der Waals surface area contributed by atoms with Crippen molar-refractivity contribution in [2.45, 2.75) is 0 Å². The molecule has 1 aromatic carbocycles. The number of hydrogen-bond acceptors (Lipinski definition) is 3. The summed E-state index contributed by atoms with van der Waals surface area (Å²) in [7, 11) is 0. The first-order chi connectivity index (χ1) is 6.06. The lowest BCUT2D eigenvalue weighted by molar-refractivity contribution is 0.102. The lowest BCUT2D eigenvalue weighted by atomic mass is 10.1. The number of carbonyl (C=O) groups is 1. The summed E-state index contributed by atoms with van der Waals surface area (Å²) < 4.78 is 0.455. The van der Waals surface area contributed by atoms with Crippen molar-refractivity contribution >= 4 is 39.0 Å². The van der Waals surface area contributed by atoms with E-state index in [4.69, 9.17) is 17.3 Å². The zero-order chi connectivity index (χ0) is 10.0. The van der Waals surface area contributed by atoms with E-state index >= 15 is 0 Å². The SMILES string of the molecule is Nc1cc(Br)c(O)cc1C(=O)CCl. The maximum atomic E-state index is 11.2. The Labute approximate surface area is 88.6 Å². The highest BCUT2D eigenvalue weighted by atomic mass is 79.9. The van der Waals surface area contributed by atoms with Crippen LogP contribution < -0.4 is 5.73 Å². The third kappa shape index (κ3) is 2.14. The van der Waals surface area contributed by atoms with Crippen molar-refractivity contribution in [1.82, 2.24) is 0 Å². The van der Waals surface area contributed by atoms with Crippen LogP contribution in [0, 0.1) is 0 Å². The Morgan fingerprint density at radius 3 is 2.77 bits per heavy atom. The fourth-order valence-corrected chi connectivity index (χ4v) is 1.40. The van der Waals surface area contributed by atoms with Crippen molar-refractivity contribution < 1.29 is 9.90 Å². The number of benzene rings is 1. The Morgan fingerprint density at radius 1 is 1.62 bits per heavy atom. The van der Waals surface area contributed by atoms with Gasteiger partial charge in [-0.25, -0.2) is 0 Å². The molecular formula is C8H7BrClNO2. The molecule has 5 heteroatoms. The maximum Gasteiger partial charge on any atom is 0.179 e. The van der Waals surface area contributed by atoms with Crippen LogP contribution in [-0.2, 0) is 0 Å². The molecule has 1 rings (SSSR count). The van der Waals surface area contributed by atoms with E-state index in [1.54, 1.807) is 0 Å². The van der Waals surface area contributed by atoms with Gasteiger partial charge in [-0.3, -0.25) is 4.79 Å². The molecule has 0 bridgehead atoms. The van der Waals surface area contributed by atoms with Crippen molar-refractivity contribution in [2.75, 3.05) is 11.6 Å². The second-order valence-corrected chi connectivity index (χ2v) is 3.57. The van der Waals surface area contributed by atoms with Crippen LogP contribution in [0.15, 0.2) is 16.6 Å². The fourth-order valence-electron chi connectivity index (χ4n) is 0.891. The van der Waals surface area contributed by atoms with Gasteiger partial charge in [-0.15, -0.1) is 11.6 Å². The van der Waals surface area contributed by atoms with Gasteiger partial charge in [-0.1, -0.05) is 0 Å². The van der Waals surface area contributed by atoms with Crippen LogP contribution in [0.25, 0.3) is 0 Å². The molecule has 0 aromatic heterocycles. The van der Waals surface area contributed by atoms with Crippen LogP contribution >= 0.6 is 27.5 Å². The van der Waals surface area contributed by atoms with Crippen molar-refractivity contribution in [1.29, 1.82) is 0 Å². The summed E-state index contributed by atoms with van der Waals surface area (Å²) >= 11 is 8.43. The van der Waals surface area contributed by atoms with E-state index < -0.39 is 0 Å². The molecule has 0 fully saturated rings. The number of halogens is 2. The summed E-state index contributed by atoms with van der Waals surface area (Å²) in [5.41, 5.74) is 6.09. The summed E-state index contributed by atoms with van der Waals surface area (Å²) in [5, 5.41) is 9.27. The van der Waals surface area contributed by atoms with Crippen molar-refractivity contribution in [3.8, 4) is 5.75 Å². The predicted molar refractivity (Wildman–Crippen MR) is 55.3 cm³/mol. The van der Waals surface area contributed by atoms with E-state index in [0.29, 0.717) is 10.2 Å². The van der Waals surface area contributed by atoms with Gasteiger partial charge in [0, 0.05) is 11.3 Å². The zero-order valence-electron chi connectivity index (χ0n) is 6.55. The molecule has 0 aliphatic rings. The first-order valence-corrected chi connectivity index (χ1v) is 4.76. The summed E-state index contributed by atoms with van der Waals surface area (Å²) in [6.07, 6.45) is 0. The largest absolute Gasteiger partial charge is 0.507 e. The summed E-state index contributed by atoms with van der Waals surface area (Å²) in [5.74, 6) is -0.477. The molecule has 0 saturated carbocycles. The molecular weight excluding hydrogens is 257 g/mol. The van der Waals surface area contributed by atoms with Crippen LogP contribution in [0.3, 0.4) is 0 Å². The minimum absolute atomic E-state index is 0.0253. The van der Waals surface area contributed by atoms with E-state index in [2.05, 4.69) is 15.9 Å². The number of alkyl halides is 1. The third-order valence-corrected chi connectivity index (χ3v) is 2.42. The average molecular weight is 265 g/mol. The second kappa shape index (κ2) is 3.98. The number of phenols is 1. The number of carbonyl (C=O) groups excluding carboxylic acids is 1. The van der Waals surface area contributed by atoms with E-state index in [0.717, 1.165) is 0 Å². The molecule has 1 aromatic rings. The van der Waals surface area contributed by atoms with Gasteiger partial charge in [0.2, 0.25) is 0 Å². The third-order valence-electron chi connectivity index (χ3n) is 1.54. The molecule has 0 saturated heterocycles. The quantitative estimate of drug-likeness (QED) is 0.372. The lowest BCUT2D eigenvalue weighted by Gasteiger charge is -2.04. The molecule has 70 valence electrons. The highest BCUT2D eigenvalue weighted by Gasteiger charge is 2.11. The van der Waals surface area contributed by atoms with E-state index in [9.17, 15) is 9.90 Å². The van der Waals surface area contributed by atoms with Gasteiger partial charge < -0.3 is 10.8 Å². The van der Waals surface area contributed by atoms with Gasteiger partial charge in [0.25, 0.3) is 0 Å². The number of nitrogen functional groups attached to an aromatic ring is 1. The minimum atomic E-state index is -0.304. The number of nitrogens with two attached hydrogens (primary N) is 1.